The highest BCUT2D eigenvalue weighted by Gasteiger charge is 2.18. The summed E-state index contributed by atoms with van der Waals surface area (Å²) in [6.45, 7) is 4.87. The third-order valence-corrected chi connectivity index (χ3v) is 1.55. The fourth-order valence-corrected chi connectivity index (χ4v) is 0.906. The van der Waals surface area contributed by atoms with Gasteiger partial charge in [0.1, 0.15) is 12.6 Å². The van der Waals surface area contributed by atoms with Gasteiger partial charge in [0.25, 0.3) is 0 Å². The summed E-state index contributed by atoms with van der Waals surface area (Å²) in [5.41, 5.74) is 0. The highest BCUT2D eigenvalue weighted by molar-refractivity contribution is 7.80. The summed E-state index contributed by atoms with van der Waals surface area (Å²) in [6, 6.07) is -0.680. The summed E-state index contributed by atoms with van der Waals surface area (Å²) in [4.78, 5) is 21.8. The molecule has 13 heavy (non-hydrogen) atoms. The average Bonchev–Trinajstić information content (AvgIpc) is 2.09. The summed E-state index contributed by atoms with van der Waals surface area (Å²) in [6.07, 6.45) is 1.46. The Morgan fingerprint density at radius 3 is 2.69 bits per heavy atom. The molecule has 0 rings (SSSR count). The summed E-state index contributed by atoms with van der Waals surface area (Å²) < 4.78 is 4.72. The molecular weight excluding hydrogens is 190 g/mol. The SMILES string of the molecule is C=CCOC(=O)[C@H](CS)NC(C)=O. The van der Waals surface area contributed by atoms with Crippen LogP contribution in [0.25, 0.3) is 0 Å². The van der Waals surface area contributed by atoms with Gasteiger partial charge in [-0.15, -0.1) is 0 Å². The van der Waals surface area contributed by atoms with Crippen LogP contribution in [0.4, 0.5) is 0 Å². The molecule has 0 radical (unpaired) electrons. The van der Waals surface area contributed by atoms with E-state index in [9.17, 15) is 9.59 Å². The lowest BCUT2D eigenvalue weighted by Crippen LogP contribution is -2.42. The number of carbonyl (C=O) groups is 2. The molecule has 0 saturated heterocycles. The van der Waals surface area contributed by atoms with Crippen LogP contribution < -0.4 is 5.32 Å². The zero-order valence-corrected chi connectivity index (χ0v) is 8.34. The van der Waals surface area contributed by atoms with Crippen molar-refractivity contribution < 1.29 is 14.3 Å². The zero-order chi connectivity index (χ0) is 10.3. The van der Waals surface area contributed by atoms with Crippen molar-refractivity contribution in [2.75, 3.05) is 12.4 Å². The van der Waals surface area contributed by atoms with Crippen molar-refractivity contribution in [1.82, 2.24) is 5.32 Å². The van der Waals surface area contributed by atoms with Gasteiger partial charge in [0.05, 0.1) is 0 Å². The summed E-state index contributed by atoms with van der Waals surface area (Å²) in [7, 11) is 0. The molecule has 74 valence electrons. The minimum absolute atomic E-state index is 0.142. The van der Waals surface area contributed by atoms with E-state index < -0.39 is 12.0 Å². The summed E-state index contributed by atoms with van der Waals surface area (Å²) >= 11 is 3.91. The third kappa shape index (κ3) is 5.30. The Hall–Kier alpha value is -0.970. The Labute approximate surface area is 82.7 Å². The lowest BCUT2D eigenvalue weighted by atomic mass is 10.3. The fourth-order valence-electron chi connectivity index (χ4n) is 0.666. The first-order chi connectivity index (χ1) is 6.11. The Balaban J connectivity index is 3.98. The second kappa shape index (κ2) is 6.54. The Morgan fingerprint density at radius 1 is 1.69 bits per heavy atom. The molecule has 5 heteroatoms. The molecule has 0 bridgehead atoms. The number of amides is 1. The number of rotatable bonds is 5. The van der Waals surface area contributed by atoms with Crippen LogP contribution in [0.1, 0.15) is 6.92 Å². The van der Waals surface area contributed by atoms with Crippen molar-refractivity contribution in [1.29, 1.82) is 0 Å². The van der Waals surface area contributed by atoms with Gasteiger partial charge < -0.3 is 10.1 Å². The Kier molecular flexibility index (Phi) is 6.05. The number of thiol groups is 1. The van der Waals surface area contributed by atoms with E-state index in [4.69, 9.17) is 4.74 Å². The molecule has 0 spiro atoms. The fraction of sp³-hybridized carbons (Fsp3) is 0.500. The number of carbonyl (C=O) groups excluding carboxylic acids is 2. The number of esters is 1. The van der Waals surface area contributed by atoms with Gasteiger partial charge in [0, 0.05) is 12.7 Å². The molecule has 1 amide bonds. The van der Waals surface area contributed by atoms with Gasteiger partial charge in [0.15, 0.2) is 0 Å². The average molecular weight is 203 g/mol. The minimum Gasteiger partial charge on any atom is -0.460 e. The number of hydrogen-bond acceptors (Lipinski definition) is 4. The standard InChI is InChI=1S/C8H13NO3S/c1-3-4-12-8(11)7(5-13)9-6(2)10/h3,7,13H,1,4-5H2,2H3,(H,9,10)/t7-/m0/s1. The number of ether oxygens (including phenoxy) is 1. The lowest BCUT2D eigenvalue weighted by Gasteiger charge is -2.13. The molecule has 0 saturated carbocycles. The molecule has 0 heterocycles. The van der Waals surface area contributed by atoms with Crippen molar-refractivity contribution >= 4 is 24.5 Å². The maximum atomic E-state index is 11.1. The van der Waals surface area contributed by atoms with Crippen molar-refractivity contribution in [2.24, 2.45) is 0 Å². The molecule has 0 aliphatic rings. The van der Waals surface area contributed by atoms with Crippen molar-refractivity contribution in [3.63, 3.8) is 0 Å². The highest BCUT2D eigenvalue weighted by Crippen LogP contribution is 1.92. The predicted molar refractivity (Wildman–Crippen MR) is 52.6 cm³/mol. The van der Waals surface area contributed by atoms with E-state index in [1.165, 1.54) is 13.0 Å². The molecule has 0 aliphatic carbocycles. The van der Waals surface area contributed by atoms with Gasteiger partial charge in [-0.25, -0.2) is 4.79 Å². The normalized spacial score (nSPS) is 11.5. The maximum absolute atomic E-state index is 11.1. The molecule has 0 aromatic heterocycles. The molecule has 4 nitrogen and oxygen atoms in total. The van der Waals surface area contributed by atoms with Gasteiger partial charge in [-0.05, 0) is 0 Å². The van der Waals surface area contributed by atoms with E-state index in [-0.39, 0.29) is 18.3 Å². The van der Waals surface area contributed by atoms with E-state index in [2.05, 4.69) is 24.5 Å². The van der Waals surface area contributed by atoms with Crippen LogP contribution in [0.5, 0.6) is 0 Å². The van der Waals surface area contributed by atoms with E-state index in [0.717, 1.165) is 0 Å². The van der Waals surface area contributed by atoms with Gasteiger partial charge in [-0.2, -0.15) is 12.6 Å². The Morgan fingerprint density at radius 2 is 2.31 bits per heavy atom. The van der Waals surface area contributed by atoms with Crippen molar-refractivity contribution in [2.45, 2.75) is 13.0 Å². The van der Waals surface area contributed by atoms with Gasteiger partial charge in [-0.3, -0.25) is 4.79 Å². The van der Waals surface area contributed by atoms with Crippen molar-refractivity contribution in [3.8, 4) is 0 Å². The zero-order valence-electron chi connectivity index (χ0n) is 7.45. The molecule has 0 unspecified atom stereocenters. The molecule has 0 fully saturated rings. The van der Waals surface area contributed by atoms with E-state index in [1.54, 1.807) is 0 Å². The molecule has 0 aromatic rings. The first kappa shape index (κ1) is 12.0. The van der Waals surface area contributed by atoms with E-state index in [0.29, 0.717) is 0 Å². The van der Waals surface area contributed by atoms with Gasteiger partial charge in [-0.1, -0.05) is 12.7 Å². The summed E-state index contributed by atoms with van der Waals surface area (Å²) in [5, 5.41) is 2.41. The third-order valence-electron chi connectivity index (χ3n) is 1.19. The second-order valence-corrected chi connectivity index (χ2v) is 2.72. The molecule has 0 aliphatic heterocycles. The largest absolute Gasteiger partial charge is 0.460 e. The monoisotopic (exact) mass is 203 g/mol. The van der Waals surface area contributed by atoms with Crippen LogP contribution in [0.2, 0.25) is 0 Å². The molecule has 0 aromatic carbocycles. The second-order valence-electron chi connectivity index (χ2n) is 2.35. The molecule has 1 atom stereocenters. The quantitative estimate of drug-likeness (QED) is 0.380. The Bertz CT molecular complexity index is 206. The van der Waals surface area contributed by atoms with Crippen LogP contribution >= 0.6 is 12.6 Å². The van der Waals surface area contributed by atoms with E-state index in [1.807, 2.05) is 0 Å². The number of nitrogens with one attached hydrogen (secondary N) is 1. The molecule has 1 N–H and O–H groups in total. The predicted octanol–water partition coefficient (Wildman–Crippen LogP) is 0.150. The van der Waals surface area contributed by atoms with Crippen LogP contribution in [0.3, 0.4) is 0 Å². The minimum atomic E-state index is -0.680. The summed E-state index contributed by atoms with van der Waals surface area (Å²) in [5.74, 6) is -0.560. The van der Waals surface area contributed by atoms with Crippen LogP contribution in [0, 0.1) is 0 Å². The highest BCUT2D eigenvalue weighted by atomic mass is 32.1. The van der Waals surface area contributed by atoms with Crippen molar-refractivity contribution in [3.05, 3.63) is 12.7 Å². The first-order valence-electron chi connectivity index (χ1n) is 3.77. The molecular formula is C8H13NO3S. The van der Waals surface area contributed by atoms with E-state index >= 15 is 0 Å². The number of hydrogen-bond donors (Lipinski definition) is 2. The maximum Gasteiger partial charge on any atom is 0.329 e. The van der Waals surface area contributed by atoms with Gasteiger partial charge >= 0.3 is 5.97 Å². The lowest BCUT2D eigenvalue weighted by molar-refractivity contribution is -0.145. The first-order valence-corrected chi connectivity index (χ1v) is 4.40. The smallest absolute Gasteiger partial charge is 0.329 e. The van der Waals surface area contributed by atoms with Gasteiger partial charge in [0.2, 0.25) is 5.91 Å². The van der Waals surface area contributed by atoms with Crippen LogP contribution in [-0.2, 0) is 14.3 Å². The van der Waals surface area contributed by atoms with Crippen LogP contribution in [-0.4, -0.2) is 30.3 Å². The topological polar surface area (TPSA) is 55.4 Å². The van der Waals surface area contributed by atoms with Crippen LogP contribution in [0.15, 0.2) is 12.7 Å².